The highest BCUT2D eigenvalue weighted by molar-refractivity contribution is 7.89. The van der Waals surface area contributed by atoms with E-state index >= 15 is 8.42 Å². The number of ether oxygens (including phenoxy) is 14. The maximum Gasteiger partial charge on any atom is 0.241 e. The minimum atomic E-state index is -4.27. The molecule has 724 valence electrons. The van der Waals surface area contributed by atoms with Gasteiger partial charge in [0.2, 0.25) is 10.0 Å². The highest BCUT2D eigenvalue weighted by atomic mass is 32.2. The molecule has 0 spiro atoms. The second-order valence-electron chi connectivity index (χ2n) is 34.9. The van der Waals surface area contributed by atoms with Crippen LogP contribution in [0.3, 0.4) is 0 Å². The van der Waals surface area contributed by atoms with Crippen LogP contribution in [-0.4, -0.2) is 8.42 Å². The molecule has 0 amide bonds. The van der Waals surface area contributed by atoms with Crippen molar-refractivity contribution in [3.05, 3.63) is 518 Å². The lowest BCUT2D eigenvalue weighted by molar-refractivity contribution is 0.273. The lowest BCUT2D eigenvalue weighted by Gasteiger charge is -2.27. The molecule has 3 N–H and O–H groups in total. The van der Waals surface area contributed by atoms with Crippen molar-refractivity contribution in [1.29, 1.82) is 0 Å². The van der Waals surface area contributed by atoms with Gasteiger partial charge in [0, 0.05) is 36.4 Å². The van der Waals surface area contributed by atoms with Crippen LogP contribution in [0.15, 0.2) is 417 Å². The normalized spacial score (nSPS) is 11.6. The maximum absolute atomic E-state index is 15.5. The van der Waals surface area contributed by atoms with Gasteiger partial charge >= 0.3 is 0 Å². The number of hydrogen-bond acceptors (Lipinski definition) is 17. The first kappa shape index (κ1) is 98.4. The molecule has 17 aromatic carbocycles. The van der Waals surface area contributed by atoms with Gasteiger partial charge in [-0.3, -0.25) is 0 Å². The fraction of sp³-hybridized carbons (Fsp3) is 0.177. The van der Waals surface area contributed by atoms with Crippen LogP contribution in [0, 0.1) is 0 Å². The third-order valence-electron chi connectivity index (χ3n) is 23.9. The van der Waals surface area contributed by atoms with Gasteiger partial charge in [-0.2, -0.15) is 0 Å². The number of sulfonamides is 1. The lowest BCUT2D eigenvalue weighted by Crippen LogP contribution is -2.36. The molecule has 17 rings (SSSR count). The van der Waals surface area contributed by atoms with Gasteiger partial charge in [0.25, 0.3) is 0 Å². The van der Waals surface area contributed by atoms with E-state index < -0.39 is 22.1 Å². The molecule has 0 saturated carbocycles. The number of hydrogen-bond donors (Lipinski definition) is 2. The fourth-order valence-electron chi connectivity index (χ4n) is 16.4. The Morgan fingerprint density at radius 3 is 0.552 bits per heavy atom. The summed E-state index contributed by atoms with van der Waals surface area (Å²) in [5, 5.41) is 0. The minimum absolute atomic E-state index is 0.0713. The van der Waals surface area contributed by atoms with Gasteiger partial charge in [-0.25, -0.2) is 13.1 Å². The van der Waals surface area contributed by atoms with Crippen LogP contribution in [0.25, 0.3) is 0 Å². The first-order valence-corrected chi connectivity index (χ1v) is 49.8. The Kier molecular flexibility index (Phi) is 34.5. The van der Waals surface area contributed by atoms with E-state index in [0.717, 1.165) is 101 Å². The molecule has 0 saturated heterocycles. The third-order valence-corrected chi connectivity index (χ3v) is 25.6. The first-order chi connectivity index (χ1) is 70.2. The molecule has 0 fully saturated rings. The van der Waals surface area contributed by atoms with Crippen molar-refractivity contribution in [3.8, 4) is 80.5 Å². The standard InChI is InChI=1S/C124H116N2O16S/c1-4-89-55-104(5-2)124(105(6-3)56-89)143(127,128)126-123(107-49-53-109(54-50-107)130-84-99-59-120(141-87-102-65-114(135-79-94-39-23-11-24-40-94)71-115(66-102)136-80-95-41-25-12-26-42-95)74-121(60-99)142-88-103-67-116(137-81-96-43-27-13-28-44-96)72-117(68-103)138-82-97-45-29-14-30-46-97)122(125)106-47-51-108(52-48-106)129-83-98-57-118(139-85-100-61-110(131-75-90-31-15-7-16-32-90)69-111(62-100)132-76-91-33-17-8-18-34-91)73-119(58-98)140-86-101-63-112(133-77-92-35-19-9-20-36-92)70-113(64-101)134-78-93-37-21-10-22-38-93/h7-74,122-123,126H,4-6,75-88,125H2,1-3H3/t122-,123-/m0/s1. The summed E-state index contributed by atoms with van der Waals surface area (Å²) < 4.78 is 126. The molecule has 0 heterocycles. The molecular formula is C124H116N2O16S. The van der Waals surface area contributed by atoms with Crippen LogP contribution in [0.5, 0.6) is 80.5 Å². The zero-order valence-electron chi connectivity index (χ0n) is 80.5. The summed E-state index contributed by atoms with van der Waals surface area (Å²) >= 11 is 0. The van der Waals surface area contributed by atoms with E-state index in [1.165, 1.54) is 0 Å². The molecule has 18 nitrogen and oxygen atoms in total. The molecule has 0 radical (unpaired) electrons. The van der Waals surface area contributed by atoms with Gasteiger partial charge in [0.05, 0.1) is 17.0 Å². The maximum atomic E-state index is 15.5. The van der Waals surface area contributed by atoms with E-state index in [1.807, 2.05) is 426 Å². The SMILES string of the molecule is CCc1cc(CC)c(S(=O)(=O)N[C@@H](c2ccc(OCc3cc(OCc4cc(OCc5ccccc5)cc(OCc5ccccc5)c4)cc(OCc4cc(OCc5ccccc5)cc(OCc5ccccc5)c4)c3)cc2)[C@@H](N)c2ccc(OCc3cc(OCc4cc(OCc5ccccc5)cc(OCc5ccccc5)c4)cc(OCc4cc(OCc5ccccc5)cc(OCc5ccccc5)c4)c3)cc2)c(CC)c1. The monoisotopic (exact) mass is 1920 g/mol. The predicted molar refractivity (Wildman–Crippen MR) is 558 cm³/mol. The van der Waals surface area contributed by atoms with Crippen molar-refractivity contribution < 1.29 is 74.7 Å². The number of nitrogens with one attached hydrogen (secondary N) is 1. The van der Waals surface area contributed by atoms with Gasteiger partial charge in [-0.15, -0.1) is 0 Å². The molecule has 2 atom stereocenters. The summed E-state index contributed by atoms with van der Waals surface area (Å²) in [6.45, 7) is 9.56. The predicted octanol–water partition coefficient (Wildman–Crippen LogP) is 27.2. The highest BCUT2D eigenvalue weighted by Crippen LogP contribution is 2.39. The van der Waals surface area contributed by atoms with Crippen molar-refractivity contribution in [1.82, 2.24) is 4.72 Å². The van der Waals surface area contributed by atoms with Crippen molar-refractivity contribution in [2.75, 3.05) is 0 Å². The summed E-state index contributed by atoms with van der Waals surface area (Å²) in [6, 6.07) is 132. The van der Waals surface area contributed by atoms with Crippen molar-refractivity contribution in [3.63, 3.8) is 0 Å². The van der Waals surface area contributed by atoms with Crippen LogP contribution in [-0.2, 0) is 122 Å². The zero-order valence-corrected chi connectivity index (χ0v) is 81.3. The Balaban J connectivity index is 0.641. The van der Waals surface area contributed by atoms with E-state index in [2.05, 4.69) is 11.6 Å². The topological polar surface area (TPSA) is 201 Å². The molecule has 0 aliphatic rings. The summed E-state index contributed by atoms with van der Waals surface area (Å²) in [7, 11) is -4.27. The average Bonchev–Trinajstić information content (AvgIpc) is 0.769. The van der Waals surface area contributed by atoms with Crippen LogP contribution in [0.2, 0.25) is 0 Å². The van der Waals surface area contributed by atoms with E-state index in [0.29, 0.717) is 157 Å². The lowest BCUT2D eigenvalue weighted by atomic mass is 9.95. The molecule has 0 bridgehead atoms. The fourth-order valence-corrected chi connectivity index (χ4v) is 18.3. The molecule has 0 aliphatic carbocycles. The van der Waals surface area contributed by atoms with Gasteiger partial charge in [-0.1, -0.05) is 300 Å². The van der Waals surface area contributed by atoms with Crippen molar-refractivity contribution in [2.45, 2.75) is 150 Å². The first-order valence-electron chi connectivity index (χ1n) is 48.3. The third kappa shape index (κ3) is 29.7. The van der Waals surface area contributed by atoms with E-state index in [4.69, 9.17) is 72.0 Å². The zero-order chi connectivity index (χ0) is 98.0. The Labute approximate surface area is 838 Å². The molecule has 0 aromatic heterocycles. The largest absolute Gasteiger partial charge is 0.489 e. The van der Waals surface area contributed by atoms with Crippen LogP contribution < -0.4 is 76.8 Å². The second kappa shape index (κ2) is 50.1. The molecule has 19 heteroatoms. The quantitative estimate of drug-likeness (QED) is 0.0364. The Bertz CT molecular complexity index is 6440. The number of benzene rings is 17. The Morgan fingerprint density at radius 2 is 0.371 bits per heavy atom. The van der Waals surface area contributed by atoms with Gasteiger partial charge < -0.3 is 72.0 Å². The van der Waals surface area contributed by atoms with Crippen LogP contribution in [0.1, 0.15) is 139 Å². The van der Waals surface area contributed by atoms with Gasteiger partial charge in [-0.05, 0) is 222 Å². The smallest absolute Gasteiger partial charge is 0.241 e. The molecule has 143 heavy (non-hydrogen) atoms. The Hall–Kier alpha value is -16.2. The summed E-state index contributed by atoms with van der Waals surface area (Å²) in [4.78, 5) is 0.254. The molecule has 0 aliphatic heterocycles. The highest BCUT2D eigenvalue weighted by Gasteiger charge is 2.32. The molecular weight excluding hydrogens is 1810 g/mol. The van der Waals surface area contributed by atoms with Gasteiger partial charge in [0.15, 0.2) is 0 Å². The van der Waals surface area contributed by atoms with Crippen molar-refractivity contribution >= 4 is 10.0 Å². The number of rotatable bonds is 51. The van der Waals surface area contributed by atoms with Crippen LogP contribution >= 0.6 is 0 Å². The van der Waals surface area contributed by atoms with E-state index in [1.54, 1.807) is 0 Å². The van der Waals surface area contributed by atoms with Gasteiger partial charge in [0.1, 0.15) is 173 Å². The number of aryl methyl sites for hydroxylation is 3. The minimum Gasteiger partial charge on any atom is -0.489 e. The summed E-state index contributed by atoms with van der Waals surface area (Å²) in [6.07, 6.45) is 1.73. The van der Waals surface area contributed by atoms with Crippen LogP contribution in [0.4, 0.5) is 0 Å². The summed E-state index contributed by atoms with van der Waals surface area (Å²) in [5.41, 5.74) is 24.1. The second-order valence-corrected chi connectivity index (χ2v) is 36.5. The van der Waals surface area contributed by atoms with E-state index in [-0.39, 0.29) is 44.5 Å². The number of nitrogens with two attached hydrogens (primary N) is 1. The van der Waals surface area contributed by atoms with Crippen molar-refractivity contribution in [2.24, 2.45) is 5.73 Å². The van der Waals surface area contributed by atoms with E-state index in [9.17, 15) is 0 Å². The molecule has 0 unspecified atom stereocenters. The Morgan fingerprint density at radius 1 is 0.196 bits per heavy atom. The molecule has 17 aromatic rings. The average molecular weight is 1920 g/mol. The summed E-state index contributed by atoms with van der Waals surface area (Å²) in [5.74, 6) is 8.04.